The summed E-state index contributed by atoms with van der Waals surface area (Å²) >= 11 is 6.04. The van der Waals surface area contributed by atoms with Gasteiger partial charge in [0.15, 0.2) is 5.82 Å². The summed E-state index contributed by atoms with van der Waals surface area (Å²) < 4.78 is 10.5. The second kappa shape index (κ2) is 7.57. The molecule has 122 valence electrons. The standard InChI is InChI=1S/C16H18ClN3O3/c17-13-4-2-1-3-12(13)9-14(21)18-10-15-19-16(20-23-15)11-5-7-22-8-6-11/h1-4,11H,5-10H2,(H,18,21). The first-order valence-electron chi connectivity index (χ1n) is 7.62. The highest BCUT2D eigenvalue weighted by Crippen LogP contribution is 2.24. The average Bonchev–Trinajstić information content (AvgIpc) is 3.05. The van der Waals surface area contributed by atoms with E-state index in [1.54, 1.807) is 6.07 Å². The van der Waals surface area contributed by atoms with Gasteiger partial charge in [-0.15, -0.1) is 0 Å². The highest BCUT2D eigenvalue weighted by molar-refractivity contribution is 6.31. The van der Waals surface area contributed by atoms with Crippen LogP contribution in [0.2, 0.25) is 5.02 Å². The molecular weight excluding hydrogens is 318 g/mol. The fourth-order valence-corrected chi connectivity index (χ4v) is 2.72. The van der Waals surface area contributed by atoms with Gasteiger partial charge in [-0.25, -0.2) is 0 Å². The summed E-state index contributed by atoms with van der Waals surface area (Å²) in [6, 6.07) is 7.28. The number of carbonyl (C=O) groups excluding carboxylic acids is 1. The maximum absolute atomic E-state index is 12.0. The van der Waals surface area contributed by atoms with Gasteiger partial charge in [-0.05, 0) is 24.5 Å². The van der Waals surface area contributed by atoms with Gasteiger partial charge in [-0.1, -0.05) is 35.0 Å². The number of ether oxygens (including phenoxy) is 1. The lowest BCUT2D eigenvalue weighted by atomic mass is 10.00. The van der Waals surface area contributed by atoms with Crippen LogP contribution in [0.5, 0.6) is 0 Å². The number of benzene rings is 1. The number of halogens is 1. The molecule has 1 aliphatic heterocycles. The average molecular weight is 336 g/mol. The van der Waals surface area contributed by atoms with E-state index in [0.717, 1.165) is 31.6 Å². The minimum absolute atomic E-state index is 0.135. The topological polar surface area (TPSA) is 77.2 Å². The number of hydrogen-bond donors (Lipinski definition) is 1. The van der Waals surface area contributed by atoms with Crippen molar-refractivity contribution in [2.24, 2.45) is 0 Å². The number of nitrogens with one attached hydrogen (secondary N) is 1. The minimum Gasteiger partial charge on any atom is -0.381 e. The van der Waals surface area contributed by atoms with E-state index in [1.165, 1.54) is 0 Å². The van der Waals surface area contributed by atoms with Gasteiger partial charge in [-0.2, -0.15) is 4.98 Å². The first-order chi connectivity index (χ1) is 11.2. The molecule has 7 heteroatoms. The van der Waals surface area contributed by atoms with Crippen molar-refractivity contribution in [1.82, 2.24) is 15.5 Å². The van der Waals surface area contributed by atoms with Crippen LogP contribution in [-0.4, -0.2) is 29.3 Å². The Morgan fingerprint density at radius 3 is 2.87 bits per heavy atom. The van der Waals surface area contributed by atoms with Gasteiger partial charge in [0.05, 0.1) is 13.0 Å². The molecule has 3 rings (SSSR count). The summed E-state index contributed by atoms with van der Waals surface area (Å²) in [5.41, 5.74) is 0.792. The summed E-state index contributed by atoms with van der Waals surface area (Å²) in [7, 11) is 0. The lowest BCUT2D eigenvalue weighted by molar-refractivity contribution is -0.120. The van der Waals surface area contributed by atoms with Crippen LogP contribution >= 0.6 is 11.6 Å². The van der Waals surface area contributed by atoms with Gasteiger partial charge in [0.1, 0.15) is 0 Å². The first kappa shape index (κ1) is 16.0. The Morgan fingerprint density at radius 1 is 1.30 bits per heavy atom. The normalized spacial score (nSPS) is 15.5. The molecule has 1 amide bonds. The zero-order chi connectivity index (χ0) is 16.1. The Kier molecular flexibility index (Phi) is 5.25. The molecule has 0 saturated carbocycles. The Labute approximate surface area is 139 Å². The zero-order valence-electron chi connectivity index (χ0n) is 12.6. The Bertz CT molecular complexity index is 668. The largest absolute Gasteiger partial charge is 0.381 e. The van der Waals surface area contributed by atoms with Crippen molar-refractivity contribution >= 4 is 17.5 Å². The number of aromatic nitrogens is 2. The fourth-order valence-electron chi connectivity index (χ4n) is 2.51. The molecule has 1 aromatic heterocycles. The maximum atomic E-state index is 12.0. The molecule has 1 fully saturated rings. The Morgan fingerprint density at radius 2 is 2.09 bits per heavy atom. The number of amides is 1. The summed E-state index contributed by atoms with van der Waals surface area (Å²) in [4.78, 5) is 16.3. The van der Waals surface area contributed by atoms with Crippen molar-refractivity contribution in [3.63, 3.8) is 0 Å². The van der Waals surface area contributed by atoms with Crippen LogP contribution in [0.3, 0.4) is 0 Å². The van der Waals surface area contributed by atoms with Crippen LogP contribution in [0, 0.1) is 0 Å². The molecule has 2 aromatic rings. The van der Waals surface area contributed by atoms with E-state index in [4.69, 9.17) is 20.9 Å². The number of carbonyl (C=O) groups is 1. The predicted molar refractivity (Wildman–Crippen MR) is 84.1 cm³/mol. The van der Waals surface area contributed by atoms with E-state index >= 15 is 0 Å². The van der Waals surface area contributed by atoms with Crippen LogP contribution in [0.15, 0.2) is 28.8 Å². The molecule has 1 aromatic carbocycles. The number of nitrogens with zero attached hydrogens (tertiary/aromatic N) is 2. The van der Waals surface area contributed by atoms with Crippen molar-refractivity contribution in [3.05, 3.63) is 46.6 Å². The van der Waals surface area contributed by atoms with E-state index in [1.807, 2.05) is 18.2 Å². The Balaban J connectivity index is 1.51. The van der Waals surface area contributed by atoms with Crippen molar-refractivity contribution in [2.45, 2.75) is 31.7 Å². The van der Waals surface area contributed by atoms with E-state index < -0.39 is 0 Å². The molecule has 1 N–H and O–H groups in total. The molecule has 0 bridgehead atoms. The van der Waals surface area contributed by atoms with Crippen molar-refractivity contribution < 1.29 is 14.1 Å². The van der Waals surface area contributed by atoms with Gasteiger partial charge < -0.3 is 14.6 Å². The smallest absolute Gasteiger partial charge is 0.246 e. The molecule has 0 unspecified atom stereocenters. The SMILES string of the molecule is O=C(Cc1ccccc1Cl)NCc1nc(C2CCOCC2)no1. The van der Waals surface area contributed by atoms with E-state index in [9.17, 15) is 4.79 Å². The van der Waals surface area contributed by atoms with Crippen LogP contribution in [0.25, 0.3) is 0 Å². The highest BCUT2D eigenvalue weighted by Gasteiger charge is 2.21. The number of rotatable bonds is 5. The van der Waals surface area contributed by atoms with E-state index in [0.29, 0.717) is 16.7 Å². The third kappa shape index (κ3) is 4.30. The van der Waals surface area contributed by atoms with Gasteiger partial charge in [-0.3, -0.25) is 4.79 Å². The second-order valence-corrected chi connectivity index (χ2v) is 5.89. The van der Waals surface area contributed by atoms with Crippen molar-refractivity contribution in [3.8, 4) is 0 Å². The van der Waals surface area contributed by atoms with E-state index in [2.05, 4.69) is 15.5 Å². The van der Waals surface area contributed by atoms with Gasteiger partial charge >= 0.3 is 0 Å². The van der Waals surface area contributed by atoms with E-state index in [-0.39, 0.29) is 24.8 Å². The molecule has 23 heavy (non-hydrogen) atoms. The van der Waals surface area contributed by atoms with Crippen molar-refractivity contribution in [2.75, 3.05) is 13.2 Å². The maximum Gasteiger partial charge on any atom is 0.246 e. The third-order valence-electron chi connectivity index (χ3n) is 3.82. The van der Waals surface area contributed by atoms with Gasteiger partial charge in [0.2, 0.25) is 11.8 Å². The van der Waals surface area contributed by atoms with Crippen LogP contribution in [0.1, 0.15) is 36.0 Å². The van der Waals surface area contributed by atoms with Crippen LogP contribution in [-0.2, 0) is 22.5 Å². The van der Waals surface area contributed by atoms with Crippen molar-refractivity contribution in [1.29, 1.82) is 0 Å². The molecule has 1 aliphatic rings. The Hall–Kier alpha value is -1.92. The zero-order valence-corrected chi connectivity index (χ0v) is 13.4. The molecule has 6 nitrogen and oxygen atoms in total. The molecular formula is C16H18ClN3O3. The van der Waals surface area contributed by atoms with Crippen LogP contribution < -0.4 is 5.32 Å². The van der Waals surface area contributed by atoms with Gasteiger partial charge in [0, 0.05) is 24.2 Å². The van der Waals surface area contributed by atoms with Crippen LogP contribution in [0.4, 0.5) is 0 Å². The lowest BCUT2D eigenvalue weighted by Gasteiger charge is -2.18. The number of hydrogen-bond acceptors (Lipinski definition) is 5. The third-order valence-corrected chi connectivity index (χ3v) is 4.18. The molecule has 2 heterocycles. The molecule has 0 atom stereocenters. The molecule has 1 saturated heterocycles. The lowest BCUT2D eigenvalue weighted by Crippen LogP contribution is -2.24. The summed E-state index contributed by atoms with van der Waals surface area (Å²) in [5, 5.41) is 7.36. The predicted octanol–water partition coefficient (Wildman–Crippen LogP) is 2.48. The molecule has 0 spiro atoms. The first-order valence-corrected chi connectivity index (χ1v) is 8.00. The summed E-state index contributed by atoms with van der Waals surface area (Å²) in [6.45, 7) is 1.67. The monoisotopic (exact) mass is 335 g/mol. The minimum atomic E-state index is -0.135. The van der Waals surface area contributed by atoms with Gasteiger partial charge in [0.25, 0.3) is 0 Å². The fraction of sp³-hybridized carbons (Fsp3) is 0.438. The highest BCUT2D eigenvalue weighted by atomic mass is 35.5. The second-order valence-electron chi connectivity index (χ2n) is 5.48. The molecule has 0 radical (unpaired) electrons. The summed E-state index contributed by atoms with van der Waals surface area (Å²) in [6.07, 6.45) is 2.02. The summed E-state index contributed by atoms with van der Waals surface area (Å²) in [5.74, 6) is 1.26. The molecule has 0 aliphatic carbocycles. The quantitative estimate of drug-likeness (QED) is 0.908.